The number of nitrogens with zero attached hydrogens (tertiary/aromatic N) is 5. The number of rotatable bonds is 7. The monoisotopic (exact) mass is 486 g/mol. The van der Waals surface area contributed by atoms with Gasteiger partial charge in [0, 0.05) is 12.2 Å². The van der Waals surface area contributed by atoms with Gasteiger partial charge in [-0.15, -0.1) is 0 Å². The van der Waals surface area contributed by atoms with Crippen LogP contribution in [0.5, 0.6) is 5.75 Å². The molecule has 2 heterocycles. The predicted octanol–water partition coefficient (Wildman–Crippen LogP) is 4.47. The number of ether oxygens (including phenoxy) is 1. The highest BCUT2D eigenvalue weighted by Crippen LogP contribution is 2.34. The summed E-state index contributed by atoms with van der Waals surface area (Å²) in [5.74, 6) is -0.175. The number of anilines is 1. The first-order valence-electron chi connectivity index (χ1n) is 11.0. The van der Waals surface area contributed by atoms with Gasteiger partial charge in [-0.2, -0.15) is 5.21 Å². The fourth-order valence-corrected chi connectivity index (χ4v) is 4.38. The maximum atomic E-state index is 11.9. The van der Waals surface area contributed by atoms with E-state index in [1.807, 2.05) is 77.7 Å². The molecule has 0 saturated carbocycles. The van der Waals surface area contributed by atoms with Crippen LogP contribution in [0.3, 0.4) is 0 Å². The van der Waals surface area contributed by atoms with E-state index in [2.05, 4.69) is 20.5 Å². The second-order valence-corrected chi connectivity index (χ2v) is 8.45. The zero-order valence-electron chi connectivity index (χ0n) is 18.6. The molecule has 0 saturated heterocycles. The molecule has 1 atom stereocenters. The van der Waals surface area contributed by atoms with E-state index in [-0.39, 0.29) is 0 Å². The number of hydrogen-bond donors (Lipinski definition) is 2. The van der Waals surface area contributed by atoms with Crippen molar-refractivity contribution in [1.29, 1.82) is 0 Å². The smallest absolute Gasteiger partial charge is 0.326 e. The minimum Gasteiger partial charge on any atom is -0.480 e. The third-order valence-corrected chi connectivity index (χ3v) is 6.12. The van der Waals surface area contributed by atoms with E-state index in [1.165, 1.54) is 6.40 Å². The molecule has 176 valence electrons. The molecule has 0 amide bonds. The summed E-state index contributed by atoms with van der Waals surface area (Å²) in [6.45, 7) is 0.526. The second kappa shape index (κ2) is 9.90. The summed E-state index contributed by atoms with van der Waals surface area (Å²) in [6, 6.07) is 22.4. The van der Waals surface area contributed by atoms with Gasteiger partial charge in [-0.3, -0.25) is 0 Å². The number of carbonyl (C=O) groups is 1. The number of benzene rings is 3. The molecule has 1 aromatic heterocycles. The molecule has 35 heavy (non-hydrogen) atoms. The van der Waals surface area contributed by atoms with Crippen LogP contribution in [0.2, 0.25) is 0 Å². The molecule has 0 fully saturated rings. The van der Waals surface area contributed by atoms with Crippen LogP contribution in [0.4, 0.5) is 11.4 Å². The van der Waals surface area contributed by atoms with Gasteiger partial charge in [0.05, 0.1) is 11.4 Å². The zero-order chi connectivity index (χ0) is 24.2. The molecule has 5 rings (SSSR count). The number of aliphatic imine (C=N–C) groups is 1. The lowest BCUT2D eigenvalue weighted by atomic mass is 9.94. The van der Waals surface area contributed by atoms with E-state index in [1.54, 1.807) is 4.68 Å². The van der Waals surface area contributed by atoms with E-state index in [0.717, 1.165) is 22.5 Å². The molecule has 1 unspecified atom stereocenters. The Morgan fingerprint density at radius 1 is 1.17 bits per heavy atom. The third-order valence-electron chi connectivity index (χ3n) is 5.85. The molecule has 9 nitrogen and oxygen atoms in total. The molecule has 1 aliphatic heterocycles. The molecule has 0 radical (unpaired) electrons. The second-order valence-electron chi connectivity index (χ2n) is 8.09. The Balaban J connectivity index is 1.33. The molecule has 2 N–H and O–H groups in total. The molecule has 4 aromatic rings. The predicted molar refractivity (Wildman–Crippen MR) is 134 cm³/mol. The van der Waals surface area contributed by atoms with E-state index < -0.39 is 12.0 Å². The first kappa shape index (κ1) is 22.5. The van der Waals surface area contributed by atoms with Crippen molar-refractivity contribution in [2.75, 3.05) is 4.90 Å². The maximum absolute atomic E-state index is 11.9. The van der Waals surface area contributed by atoms with Crippen LogP contribution in [0, 0.1) is 4.77 Å². The fourth-order valence-electron chi connectivity index (χ4n) is 4.19. The topological polar surface area (TPSA) is 109 Å². The van der Waals surface area contributed by atoms with Crippen molar-refractivity contribution in [2.24, 2.45) is 4.99 Å². The number of carboxylic acid groups (broad SMARTS) is 1. The lowest BCUT2D eigenvalue weighted by Crippen LogP contribution is -2.44. The standard InChI is InChI=1S/C25H22N6O3S/c32-24(33)23-11-9-18-13-21(10-12-22(18)30(23)15-17-5-2-1-3-6-17)34-16-26-19-7-4-8-20(14-19)31-25(35)27-28-29-31/h1-8,10,12-14,16,23H,9,11,15H2,(H,32,33)(H,27,29,35). The lowest BCUT2D eigenvalue weighted by Gasteiger charge is -2.36. The summed E-state index contributed by atoms with van der Waals surface area (Å²) >= 11 is 5.14. The van der Waals surface area contributed by atoms with E-state index in [0.29, 0.717) is 35.6 Å². The van der Waals surface area contributed by atoms with Gasteiger partial charge in [0.15, 0.2) is 6.40 Å². The van der Waals surface area contributed by atoms with Gasteiger partial charge >= 0.3 is 5.97 Å². The Hall–Kier alpha value is -4.31. The first-order chi connectivity index (χ1) is 17.1. The normalized spacial score (nSPS) is 15.2. The van der Waals surface area contributed by atoms with E-state index in [4.69, 9.17) is 17.0 Å². The fraction of sp³-hybridized carbons (Fsp3) is 0.160. The minimum absolute atomic E-state index is 0.322. The van der Waals surface area contributed by atoms with Crippen LogP contribution in [-0.2, 0) is 17.8 Å². The summed E-state index contributed by atoms with van der Waals surface area (Å²) < 4.78 is 7.67. The molecule has 10 heteroatoms. The number of tetrazole rings is 1. The number of fused-ring (bicyclic) bond motifs is 1. The van der Waals surface area contributed by atoms with Crippen molar-refractivity contribution in [2.45, 2.75) is 25.4 Å². The van der Waals surface area contributed by atoms with E-state index in [9.17, 15) is 9.90 Å². The summed E-state index contributed by atoms with van der Waals surface area (Å²) in [6.07, 6.45) is 2.58. The lowest BCUT2D eigenvalue weighted by molar-refractivity contribution is -0.138. The van der Waals surface area contributed by atoms with Crippen LogP contribution in [0.25, 0.3) is 5.69 Å². The molecule has 0 aliphatic carbocycles. The minimum atomic E-state index is -0.812. The quantitative estimate of drug-likeness (QED) is 0.225. The van der Waals surface area contributed by atoms with Crippen LogP contribution in [0.1, 0.15) is 17.5 Å². The van der Waals surface area contributed by atoms with Crippen LogP contribution < -0.4 is 9.64 Å². The highest BCUT2D eigenvalue weighted by Gasteiger charge is 2.31. The Bertz CT molecular complexity index is 1430. The zero-order valence-corrected chi connectivity index (χ0v) is 19.4. The third kappa shape index (κ3) is 4.97. The number of aliphatic carboxylic acids is 1. The van der Waals surface area contributed by atoms with Crippen molar-refractivity contribution < 1.29 is 14.6 Å². The van der Waals surface area contributed by atoms with Gasteiger partial charge in [0.2, 0.25) is 4.77 Å². The molecule has 0 spiro atoms. The number of H-pyrrole nitrogens is 1. The van der Waals surface area contributed by atoms with Gasteiger partial charge in [0.25, 0.3) is 0 Å². The Morgan fingerprint density at radius 3 is 2.80 bits per heavy atom. The summed E-state index contributed by atoms with van der Waals surface area (Å²) in [4.78, 5) is 18.3. The van der Waals surface area contributed by atoms with Gasteiger partial charge in [0.1, 0.15) is 11.8 Å². The van der Waals surface area contributed by atoms with Crippen molar-refractivity contribution in [3.63, 3.8) is 0 Å². The van der Waals surface area contributed by atoms with Crippen molar-refractivity contribution in [1.82, 2.24) is 20.2 Å². The molecule has 1 aliphatic rings. The molecular weight excluding hydrogens is 464 g/mol. The average Bonchev–Trinajstić information content (AvgIpc) is 3.30. The number of nitrogens with one attached hydrogen (secondary N) is 1. The Kier molecular flexibility index (Phi) is 6.36. The number of aromatic nitrogens is 4. The van der Waals surface area contributed by atoms with Gasteiger partial charge in [-0.25, -0.2) is 14.5 Å². The number of carboxylic acids is 1. The summed E-state index contributed by atoms with van der Waals surface area (Å²) in [5.41, 5.74) is 4.46. The molecular formula is C25H22N6O3S. The first-order valence-corrected chi connectivity index (χ1v) is 11.5. The number of aromatic amines is 1. The van der Waals surface area contributed by atoms with Crippen molar-refractivity contribution >= 4 is 36.0 Å². The molecule has 3 aromatic carbocycles. The van der Waals surface area contributed by atoms with Crippen LogP contribution >= 0.6 is 12.2 Å². The highest BCUT2D eigenvalue weighted by atomic mass is 32.1. The van der Waals surface area contributed by atoms with Crippen molar-refractivity contribution in [3.8, 4) is 11.4 Å². The summed E-state index contributed by atoms with van der Waals surface area (Å²) in [5, 5.41) is 20.0. The maximum Gasteiger partial charge on any atom is 0.326 e. The van der Waals surface area contributed by atoms with Gasteiger partial charge in [-0.1, -0.05) is 46.7 Å². The largest absolute Gasteiger partial charge is 0.480 e. The van der Waals surface area contributed by atoms with Crippen LogP contribution in [-0.4, -0.2) is 43.7 Å². The van der Waals surface area contributed by atoms with Crippen molar-refractivity contribution in [3.05, 3.63) is 88.7 Å². The van der Waals surface area contributed by atoms with Gasteiger partial charge < -0.3 is 14.7 Å². The van der Waals surface area contributed by atoms with Crippen LogP contribution in [0.15, 0.2) is 77.8 Å². The Morgan fingerprint density at radius 2 is 2.03 bits per heavy atom. The SMILES string of the molecule is O=C(O)C1CCc2cc(OC=Nc3cccc(-n4[nH]nnc4=S)c3)ccc2N1Cc1ccccc1. The average molecular weight is 487 g/mol. The number of aryl methyl sites for hydroxylation is 1. The molecule has 0 bridgehead atoms. The number of hydrogen-bond acceptors (Lipinski definition) is 7. The van der Waals surface area contributed by atoms with E-state index >= 15 is 0 Å². The summed E-state index contributed by atoms with van der Waals surface area (Å²) in [7, 11) is 0. The Labute approximate surface area is 206 Å². The van der Waals surface area contributed by atoms with Gasteiger partial charge in [-0.05, 0) is 72.6 Å². The highest BCUT2D eigenvalue weighted by molar-refractivity contribution is 7.71.